The second-order valence-electron chi connectivity index (χ2n) is 4.50. The molecule has 0 saturated carbocycles. The maximum absolute atomic E-state index is 9.58. The largest absolute Gasteiger partial charge is 0.508 e. The minimum Gasteiger partial charge on any atom is -0.508 e. The van der Waals surface area contributed by atoms with Crippen LogP contribution in [0.25, 0.3) is 0 Å². The van der Waals surface area contributed by atoms with Crippen LogP contribution in [-0.2, 0) is 6.42 Å². The molecule has 0 aliphatic carbocycles. The number of benzene rings is 1. The van der Waals surface area contributed by atoms with E-state index in [4.69, 9.17) is 0 Å². The van der Waals surface area contributed by atoms with Gasteiger partial charge in [-0.15, -0.1) is 0 Å². The second kappa shape index (κ2) is 11.5. The molecule has 0 saturated heterocycles. The van der Waals surface area contributed by atoms with Crippen LogP contribution in [0.2, 0.25) is 0 Å². The maximum Gasteiger partial charge on any atom is 0.118 e. The fourth-order valence-electron chi connectivity index (χ4n) is 1.99. The Morgan fingerprint density at radius 2 is 1.47 bits per heavy atom. The number of phenolic OH excluding ortho intramolecular Hbond substituents is 1. The average molecular weight is 365 g/mol. The molecule has 0 radical (unpaired) electrons. The summed E-state index contributed by atoms with van der Waals surface area (Å²) in [5.74, 6) is 0.452. The molecule has 94 valence electrons. The van der Waals surface area contributed by atoms with Crippen molar-refractivity contribution in [2.75, 3.05) is 0 Å². The van der Waals surface area contributed by atoms with Crippen molar-refractivity contribution >= 4 is 0 Å². The number of hydrogen-bond acceptors (Lipinski definition) is 1. The van der Waals surface area contributed by atoms with E-state index < -0.39 is 0 Å². The summed E-state index contributed by atoms with van der Waals surface area (Å²) in [7, 11) is 0. The second-order valence-corrected chi connectivity index (χ2v) is 4.50. The molecule has 0 spiro atoms. The van der Waals surface area contributed by atoms with Gasteiger partial charge in [-0.25, -0.2) is 0 Å². The molecule has 0 atom stereocenters. The topological polar surface area (TPSA) is 20.2 Å². The van der Waals surface area contributed by atoms with Crippen LogP contribution in [0.1, 0.15) is 57.4 Å². The van der Waals surface area contributed by atoms with Crippen molar-refractivity contribution in [3.63, 3.8) is 0 Å². The standard InChI is InChI=1S/C15H24O.Nd/c1-2-3-4-5-6-7-8-11-14-12-9-10-13-15(14)16;/h9-10,12-13,16H,2-8,11H2,1H3;. The van der Waals surface area contributed by atoms with Gasteiger partial charge in [0.15, 0.2) is 0 Å². The van der Waals surface area contributed by atoms with E-state index in [-0.39, 0.29) is 40.8 Å². The average Bonchev–Trinajstić information content (AvgIpc) is 2.30. The van der Waals surface area contributed by atoms with Crippen molar-refractivity contribution < 1.29 is 45.9 Å². The summed E-state index contributed by atoms with van der Waals surface area (Å²) >= 11 is 0. The van der Waals surface area contributed by atoms with Crippen LogP contribution in [-0.4, -0.2) is 5.11 Å². The van der Waals surface area contributed by atoms with Crippen LogP contribution in [0.3, 0.4) is 0 Å². The molecule has 0 aliphatic rings. The number of rotatable bonds is 8. The first-order valence-corrected chi connectivity index (χ1v) is 6.61. The fraction of sp³-hybridized carbons (Fsp3) is 0.600. The monoisotopic (exact) mass is 362 g/mol. The Balaban J connectivity index is 0.00000256. The molecule has 0 aromatic heterocycles. The van der Waals surface area contributed by atoms with Gasteiger partial charge in [0, 0.05) is 40.8 Å². The molecule has 0 fully saturated rings. The summed E-state index contributed by atoms with van der Waals surface area (Å²) in [6.07, 6.45) is 10.3. The fourth-order valence-corrected chi connectivity index (χ4v) is 1.99. The molecule has 0 aliphatic heterocycles. The van der Waals surface area contributed by atoms with Crippen molar-refractivity contribution in [3.05, 3.63) is 29.8 Å². The van der Waals surface area contributed by atoms with E-state index in [1.807, 2.05) is 18.2 Å². The van der Waals surface area contributed by atoms with Crippen LogP contribution in [0.5, 0.6) is 5.75 Å². The predicted octanol–water partition coefficient (Wildman–Crippen LogP) is 4.69. The number of para-hydroxylation sites is 1. The van der Waals surface area contributed by atoms with Crippen molar-refractivity contribution in [2.24, 2.45) is 0 Å². The zero-order valence-corrected chi connectivity index (χ0v) is 14.1. The van der Waals surface area contributed by atoms with Crippen LogP contribution in [0, 0.1) is 40.8 Å². The van der Waals surface area contributed by atoms with Crippen molar-refractivity contribution in [1.29, 1.82) is 0 Å². The van der Waals surface area contributed by atoms with Gasteiger partial charge in [0.2, 0.25) is 0 Å². The summed E-state index contributed by atoms with van der Waals surface area (Å²) in [5.41, 5.74) is 1.09. The zero-order chi connectivity index (χ0) is 11.6. The first-order chi connectivity index (χ1) is 7.84. The number of hydrogen-bond donors (Lipinski definition) is 1. The normalized spacial score (nSPS) is 9.94. The van der Waals surface area contributed by atoms with E-state index in [1.165, 1.54) is 44.9 Å². The van der Waals surface area contributed by atoms with Crippen LogP contribution < -0.4 is 0 Å². The Morgan fingerprint density at radius 3 is 2.12 bits per heavy atom. The van der Waals surface area contributed by atoms with E-state index in [0.717, 1.165) is 12.0 Å². The molecule has 0 unspecified atom stereocenters. The predicted molar refractivity (Wildman–Crippen MR) is 69.8 cm³/mol. The third kappa shape index (κ3) is 8.15. The summed E-state index contributed by atoms with van der Waals surface area (Å²) in [5, 5.41) is 9.58. The van der Waals surface area contributed by atoms with Gasteiger partial charge in [-0.1, -0.05) is 63.6 Å². The van der Waals surface area contributed by atoms with Gasteiger partial charge < -0.3 is 5.11 Å². The van der Waals surface area contributed by atoms with Gasteiger partial charge in [-0.3, -0.25) is 0 Å². The molecule has 1 nitrogen and oxygen atoms in total. The van der Waals surface area contributed by atoms with Gasteiger partial charge in [0.1, 0.15) is 5.75 Å². The Hall–Kier alpha value is 0.371. The van der Waals surface area contributed by atoms with Gasteiger partial charge in [-0.2, -0.15) is 0 Å². The SMILES string of the molecule is CCCCCCCCCc1ccccc1O.[Nd]. The van der Waals surface area contributed by atoms with Crippen molar-refractivity contribution in [1.82, 2.24) is 0 Å². The Labute approximate surface area is 139 Å². The van der Waals surface area contributed by atoms with E-state index in [2.05, 4.69) is 6.92 Å². The molecule has 2 heteroatoms. The van der Waals surface area contributed by atoms with Crippen LogP contribution in [0.15, 0.2) is 24.3 Å². The maximum atomic E-state index is 9.58. The van der Waals surface area contributed by atoms with Crippen molar-refractivity contribution in [2.45, 2.75) is 58.3 Å². The van der Waals surface area contributed by atoms with E-state index in [0.29, 0.717) is 5.75 Å². The van der Waals surface area contributed by atoms with E-state index >= 15 is 0 Å². The molecule has 1 aromatic carbocycles. The number of unbranched alkanes of at least 4 members (excludes halogenated alkanes) is 6. The van der Waals surface area contributed by atoms with Crippen LogP contribution >= 0.6 is 0 Å². The first kappa shape index (κ1) is 17.4. The molecular weight excluding hydrogens is 340 g/mol. The smallest absolute Gasteiger partial charge is 0.118 e. The molecule has 1 aromatic rings. The molecule has 0 amide bonds. The van der Waals surface area contributed by atoms with Crippen LogP contribution in [0.4, 0.5) is 0 Å². The molecule has 1 rings (SSSR count). The summed E-state index contributed by atoms with van der Waals surface area (Å²) < 4.78 is 0. The Morgan fingerprint density at radius 1 is 0.882 bits per heavy atom. The zero-order valence-electron chi connectivity index (χ0n) is 10.9. The minimum absolute atomic E-state index is 0. The Kier molecular flexibility index (Phi) is 11.7. The molecular formula is C15H24NdO. The van der Waals surface area contributed by atoms with Gasteiger partial charge in [0.25, 0.3) is 0 Å². The number of aryl methyl sites for hydroxylation is 1. The number of phenols is 1. The van der Waals surface area contributed by atoms with Crippen molar-refractivity contribution in [3.8, 4) is 5.75 Å². The van der Waals surface area contributed by atoms with E-state index in [9.17, 15) is 5.11 Å². The minimum atomic E-state index is 0. The third-order valence-corrected chi connectivity index (χ3v) is 3.04. The molecule has 1 N–H and O–H groups in total. The van der Waals surface area contributed by atoms with Gasteiger partial charge in [-0.05, 0) is 24.5 Å². The van der Waals surface area contributed by atoms with Gasteiger partial charge >= 0.3 is 0 Å². The Bertz CT molecular complexity index is 286. The number of aromatic hydroxyl groups is 1. The summed E-state index contributed by atoms with van der Waals surface area (Å²) in [4.78, 5) is 0. The quantitative estimate of drug-likeness (QED) is 0.664. The van der Waals surface area contributed by atoms with E-state index in [1.54, 1.807) is 6.07 Å². The molecule has 0 bridgehead atoms. The molecule has 0 heterocycles. The molecule has 17 heavy (non-hydrogen) atoms. The van der Waals surface area contributed by atoms with Gasteiger partial charge in [0.05, 0.1) is 0 Å². The summed E-state index contributed by atoms with van der Waals surface area (Å²) in [6.45, 7) is 2.25. The third-order valence-electron chi connectivity index (χ3n) is 3.04. The summed E-state index contributed by atoms with van der Waals surface area (Å²) in [6, 6.07) is 7.67. The first-order valence-electron chi connectivity index (χ1n) is 6.61.